The predicted molar refractivity (Wildman–Crippen MR) is 109 cm³/mol. The zero-order chi connectivity index (χ0) is 19.8. The molecule has 0 radical (unpaired) electrons. The SMILES string of the molecule is Cc1cccc(COCC2CN(C(=O)CCOc3ccc(Cl)cc3)CCO2)c1. The van der Waals surface area contributed by atoms with Crippen molar-refractivity contribution in [3.63, 3.8) is 0 Å². The van der Waals surface area contributed by atoms with Gasteiger partial charge in [-0.15, -0.1) is 0 Å². The number of benzene rings is 2. The number of carbonyl (C=O) groups is 1. The maximum absolute atomic E-state index is 12.4. The summed E-state index contributed by atoms with van der Waals surface area (Å²) in [5, 5.41) is 0.660. The van der Waals surface area contributed by atoms with E-state index in [0.29, 0.717) is 56.7 Å². The molecule has 0 N–H and O–H groups in total. The van der Waals surface area contributed by atoms with E-state index < -0.39 is 0 Å². The first-order valence-corrected chi connectivity index (χ1v) is 9.89. The molecule has 1 heterocycles. The van der Waals surface area contributed by atoms with Crippen molar-refractivity contribution in [1.82, 2.24) is 4.90 Å². The highest BCUT2D eigenvalue weighted by Crippen LogP contribution is 2.16. The maximum Gasteiger partial charge on any atom is 0.226 e. The maximum atomic E-state index is 12.4. The third kappa shape index (κ3) is 6.51. The number of carbonyl (C=O) groups excluding carboxylic acids is 1. The molecule has 2 aromatic rings. The van der Waals surface area contributed by atoms with E-state index in [4.69, 9.17) is 25.8 Å². The Morgan fingerprint density at radius 2 is 2.07 bits per heavy atom. The first-order chi connectivity index (χ1) is 13.6. The van der Waals surface area contributed by atoms with E-state index in [1.807, 2.05) is 17.0 Å². The van der Waals surface area contributed by atoms with Gasteiger partial charge >= 0.3 is 0 Å². The van der Waals surface area contributed by atoms with E-state index in [1.165, 1.54) is 5.56 Å². The number of aryl methyl sites for hydroxylation is 1. The van der Waals surface area contributed by atoms with Gasteiger partial charge in [0, 0.05) is 18.1 Å². The van der Waals surface area contributed by atoms with Gasteiger partial charge in [-0.25, -0.2) is 0 Å². The molecule has 1 unspecified atom stereocenters. The number of rotatable bonds is 8. The average Bonchev–Trinajstić information content (AvgIpc) is 2.70. The van der Waals surface area contributed by atoms with Crippen molar-refractivity contribution >= 4 is 17.5 Å². The number of amides is 1. The fourth-order valence-corrected chi connectivity index (χ4v) is 3.23. The molecule has 0 bridgehead atoms. The molecule has 150 valence electrons. The molecule has 0 aromatic heterocycles. The Bertz CT molecular complexity index is 765. The quantitative estimate of drug-likeness (QED) is 0.671. The van der Waals surface area contributed by atoms with Crippen LogP contribution in [0.15, 0.2) is 48.5 Å². The van der Waals surface area contributed by atoms with Gasteiger partial charge in [-0.3, -0.25) is 4.79 Å². The lowest BCUT2D eigenvalue weighted by Crippen LogP contribution is -2.47. The van der Waals surface area contributed by atoms with Gasteiger partial charge < -0.3 is 19.1 Å². The number of hydrogen-bond donors (Lipinski definition) is 0. The topological polar surface area (TPSA) is 48.0 Å². The van der Waals surface area contributed by atoms with Gasteiger partial charge in [-0.2, -0.15) is 0 Å². The second-order valence-corrected chi connectivity index (χ2v) is 7.33. The Kier molecular flexibility index (Phi) is 7.71. The number of nitrogens with zero attached hydrogens (tertiary/aromatic N) is 1. The van der Waals surface area contributed by atoms with Crippen LogP contribution >= 0.6 is 11.6 Å². The Morgan fingerprint density at radius 3 is 2.86 bits per heavy atom. The number of hydrogen-bond acceptors (Lipinski definition) is 4. The van der Waals surface area contributed by atoms with Crippen molar-refractivity contribution in [2.24, 2.45) is 0 Å². The van der Waals surface area contributed by atoms with Gasteiger partial charge in [0.05, 0.1) is 39.0 Å². The number of ether oxygens (including phenoxy) is 3. The summed E-state index contributed by atoms with van der Waals surface area (Å²) in [7, 11) is 0. The van der Waals surface area contributed by atoms with Crippen LogP contribution in [0.2, 0.25) is 5.02 Å². The molecule has 1 amide bonds. The smallest absolute Gasteiger partial charge is 0.226 e. The Morgan fingerprint density at radius 1 is 1.25 bits per heavy atom. The third-order valence-corrected chi connectivity index (χ3v) is 4.80. The summed E-state index contributed by atoms with van der Waals surface area (Å²) < 4.78 is 17.1. The van der Waals surface area contributed by atoms with Crippen molar-refractivity contribution in [2.75, 3.05) is 32.9 Å². The summed E-state index contributed by atoms with van der Waals surface area (Å²) in [6.45, 7) is 5.10. The van der Waals surface area contributed by atoms with Crippen LogP contribution in [0, 0.1) is 6.92 Å². The monoisotopic (exact) mass is 403 g/mol. The van der Waals surface area contributed by atoms with Crippen LogP contribution in [0.5, 0.6) is 5.75 Å². The van der Waals surface area contributed by atoms with Crippen molar-refractivity contribution in [2.45, 2.75) is 26.1 Å². The van der Waals surface area contributed by atoms with Crippen molar-refractivity contribution in [3.8, 4) is 5.75 Å². The van der Waals surface area contributed by atoms with Crippen LogP contribution in [-0.2, 0) is 20.9 Å². The number of morpholine rings is 1. The Labute approximate surface area is 171 Å². The molecule has 1 aliphatic rings. The van der Waals surface area contributed by atoms with Crippen molar-refractivity contribution in [3.05, 3.63) is 64.7 Å². The van der Waals surface area contributed by atoms with Crippen LogP contribution in [0.25, 0.3) is 0 Å². The van der Waals surface area contributed by atoms with Crippen molar-refractivity contribution < 1.29 is 19.0 Å². The summed E-state index contributed by atoms with van der Waals surface area (Å²) >= 11 is 5.85. The lowest BCUT2D eigenvalue weighted by Gasteiger charge is -2.33. The molecule has 6 heteroatoms. The van der Waals surface area contributed by atoms with Gasteiger partial charge in [0.1, 0.15) is 5.75 Å². The van der Waals surface area contributed by atoms with E-state index >= 15 is 0 Å². The summed E-state index contributed by atoms with van der Waals surface area (Å²) in [5.41, 5.74) is 2.36. The predicted octanol–water partition coefficient (Wildman–Crippen LogP) is 3.86. The molecular formula is C22H26ClNO4. The van der Waals surface area contributed by atoms with Crippen LogP contribution in [0.1, 0.15) is 17.5 Å². The van der Waals surface area contributed by atoms with Gasteiger partial charge in [-0.1, -0.05) is 41.4 Å². The van der Waals surface area contributed by atoms with E-state index in [9.17, 15) is 4.79 Å². The molecule has 3 rings (SSSR count). The molecule has 0 aliphatic carbocycles. The second-order valence-electron chi connectivity index (χ2n) is 6.89. The molecule has 0 spiro atoms. The third-order valence-electron chi connectivity index (χ3n) is 4.54. The highest BCUT2D eigenvalue weighted by atomic mass is 35.5. The molecule has 1 saturated heterocycles. The fraction of sp³-hybridized carbons (Fsp3) is 0.409. The standard InChI is InChI=1S/C22H26ClNO4/c1-17-3-2-4-18(13-17)15-26-16-21-14-24(10-12-28-21)22(25)9-11-27-20-7-5-19(23)6-8-20/h2-8,13,21H,9-12,14-16H2,1H3. The summed E-state index contributed by atoms with van der Waals surface area (Å²) in [5.74, 6) is 0.780. The first kappa shape index (κ1) is 20.6. The van der Waals surface area contributed by atoms with Crippen molar-refractivity contribution in [1.29, 1.82) is 0 Å². The molecular weight excluding hydrogens is 378 g/mol. The van der Waals surface area contributed by atoms with E-state index in [2.05, 4.69) is 19.1 Å². The molecule has 5 nitrogen and oxygen atoms in total. The van der Waals surface area contributed by atoms with Gasteiger partial charge in [-0.05, 0) is 36.8 Å². The first-order valence-electron chi connectivity index (χ1n) is 9.51. The fourth-order valence-electron chi connectivity index (χ4n) is 3.10. The lowest BCUT2D eigenvalue weighted by atomic mass is 10.1. The van der Waals surface area contributed by atoms with Crippen LogP contribution in [0.4, 0.5) is 0 Å². The Hall–Kier alpha value is -2.08. The highest BCUT2D eigenvalue weighted by molar-refractivity contribution is 6.30. The van der Waals surface area contributed by atoms with Gasteiger partial charge in [0.25, 0.3) is 0 Å². The van der Waals surface area contributed by atoms with E-state index in [-0.39, 0.29) is 12.0 Å². The van der Waals surface area contributed by atoms with Crippen LogP contribution in [-0.4, -0.2) is 49.8 Å². The Balaban J connectivity index is 1.37. The second kappa shape index (κ2) is 10.5. The molecule has 1 atom stereocenters. The minimum absolute atomic E-state index is 0.0703. The van der Waals surface area contributed by atoms with Gasteiger partial charge in [0.15, 0.2) is 0 Å². The van der Waals surface area contributed by atoms with E-state index in [0.717, 1.165) is 5.56 Å². The van der Waals surface area contributed by atoms with Crippen LogP contribution in [0.3, 0.4) is 0 Å². The minimum Gasteiger partial charge on any atom is -0.493 e. The molecule has 1 aliphatic heterocycles. The zero-order valence-corrected chi connectivity index (χ0v) is 16.9. The average molecular weight is 404 g/mol. The molecule has 1 fully saturated rings. The molecule has 28 heavy (non-hydrogen) atoms. The lowest BCUT2D eigenvalue weighted by molar-refractivity contribution is -0.142. The molecule has 0 saturated carbocycles. The summed E-state index contributed by atoms with van der Waals surface area (Å²) in [6.07, 6.45) is 0.235. The largest absolute Gasteiger partial charge is 0.493 e. The summed E-state index contributed by atoms with van der Waals surface area (Å²) in [6, 6.07) is 15.4. The van der Waals surface area contributed by atoms with Crippen LogP contribution < -0.4 is 4.74 Å². The number of halogens is 1. The zero-order valence-electron chi connectivity index (χ0n) is 16.1. The summed E-state index contributed by atoms with van der Waals surface area (Å²) in [4.78, 5) is 14.3. The van der Waals surface area contributed by atoms with Gasteiger partial charge in [0.2, 0.25) is 5.91 Å². The highest BCUT2D eigenvalue weighted by Gasteiger charge is 2.24. The normalized spacial score (nSPS) is 16.8. The van der Waals surface area contributed by atoms with E-state index in [1.54, 1.807) is 24.3 Å². The minimum atomic E-state index is -0.0975. The molecule has 2 aromatic carbocycles.